The van der Waals surface area contributed by atoms with Crippen LogP contribution in [0.1, 0.15) is 21.5 Å². The Balaban J connectivity index is 2.05. The number of hydrogen-bond acceptors (Lipinski definition) is 2. The Hall–Kier alpha value is -2.44. The van der Waals surface area contributed by atoms with Crippen LogP contribution in [0.5, 0.6) is 0 Å². The summed E-state index contributed by atoms with van der Waals surface area (Å²) >= 11 is 0. The van der Waals surface area contributed by atoms with Crippen molar-refractivity contribution < 1.29 is 22.4 Å². The van der Waals surface area contributed by atoms with Crippen molar-refractivity contribution in [3.63, 3.8) is 0 Å². The summed E-state index contributed by atoms with van der Waals surface area (Å²) in [6.07, 6.45) is -3.30. The zero-order chi connectivity index (χ0) is 15.5. The number of amides is 1. The first-order valence-corrected chi connectivity index (χ1v) is 5.92. The minimum absolute atomic E-state index is 0.0504. The average molecular weight is 298 g/mol. The molecule has 1 aromatic carbocycles. The summed E-state index contributed by atoms with van der Waals surface area (Å²) < 4.78 is 50.5. The third-order valence-corrected chi connectivity index (χ3v) is 2.70. The van der Waals surface area contributed by atoms with Crippen LogP contribution in [0.4, 0.5) is 17.6 Å². The minimum Gasteiger partial charge on any atom is -0.348 e. The maximum atomic E-state index is 12.9. The quantitative estimate of drug-likeness (QED) is 0.698. The number of alkyl halides is 3. The summed E-state index contributed by atoms with van der Waals surface area (Å²) in [5.41, 5.74) is -0.439. The number of nitrogens with one attached hydrogen (secondary N) is 1. The Labute approximate surface area is 117 Å². The molecule has 0 radical (unpaired) electrons. The maximum absolute atomic E-state index is 12.9. The second-order valence-corrected chi connectivity index (χ2v) is 4.25. The van der Waals surface area contributed by atoms with Gasteiger partial charge in [-0.1, -0.05) is 12.1 Å². The van der Waals surface area contributed by atoms with E-state index in [0.29, 0.717) is 5.56 Å². The molecule has 0 saturated carbocycles. The number of hydrogen-bond donors (Lipinski definition) is 1. The van der Waals surface area contributed by atoms with Gasteiger partial charge in [0.25, 0.3) is 5.91 Å². The van der Waals surface area contributed by atoms with E-state index in [9.17, 15) is 22.4 Å². The van der Waals surface area contributed by atoms with Crippen LogP contribution >= 0.6 is 0 Å². The fourth-order valence-corrected chi connectivity index (χ4v) is 1.69. The van der Waals surface area contributed by atoms with E-state index in [4.69, 9.17) is 0 Å². The molecule has 1 amide bonds. The molecule has 1 aromatic heterocycles. The number of rotatable bonds is 3. The molecule has 0 saturated heterocycles. The van der Waals surface area contributed by atoms with Crippen molar-refractivity contribution in [2.75, 3.05) is 0 Å². The highest BCUT2D eigenvalue weighted by atomic mass is 19.4. The zero-order valence-corrected chi connectivity index (χ0v) is 10.6. The molecular weight excluding hydrogens is 288 g/mol. The molecule has 0 aliphatic carbocycles. The van der Waals surface area contributed by atoms with Gasteiger partial charge in [-0.25, -0.2) is 4.98 Å². The highest BCUT2D eigenvalue weighted by Crippen LogP contribution is 2.29. The first kappa shape index (κ1) is 15.0. The lowest BCUT2D eigenvalue weighted by molar-refractivity contribution is -0.137. The topological polar surface area (TPSA) is 42.0 Å². The maximum Gasteiger partial charge on any atom is 0.416 e. The Bertz CT molecular complexity index is 655. The monoisotopic (exact) mass is 298 g/mol. The van der Waals surface area contributed by atoms with Gasteiger partial charge in [0.05, 0.1) is 5.56 Å². The molecule has 0 aliphatic rings. The normalized spacial score (nSPS) is 11.2. The van der Waals surface area contributed by atoms with Crippen LogP contribution in [-0.4, -0.2) is 10.9 Å². The van der Waals surface area contributed by atoms with Crippen LogP contribution in [0.2, 0.25) is 0 Å². The predicted octanol–water partition coefficient (Wildman–Crippen LogP) is 3.17. The van der Waals surface area contributed by atoms with Gasteiger partial charge in [0.2, 0.25) is 5.95 Å². The molecule has 21 heavy (non-hydrogen) atoms. The van der Waals surface area contributed by atoms with E-state index < -0.39 is 23.6 Å². The van der Waals surface area contributed by atoms with E-state index in [-0.39, 0.29) is 12.1 Å². The summed E-state index contributed by atoms with van der Waals surface area (Å²) in [5.74, 6) is -1.39. The highest BCUT2D eigenvalue weighted by molar-refractivity contribution is 5.93. The number of carbonyl (C=O) groups excluding carboxylic acids is 1. The molecular formula is C14H10F4N2O. The molecule has 0 atom stereocenters. The Kier molecular flexibility index (Phi) is 4.21. The molecule has 1 heterocycles. The lowest BCUT2D eigenvalue weighted by atomic mass is 10.1. The largest absolute Gasteiger partial charge is 0.416 e. The first-order valence-electron chi connectivity index (χ1n) is 5.92. The van der Waals surface area contributed by atoms with Crippen LogP contribution in [0.3, 0.4) is 0 Å². The van der Waals surface area contributed by atoms with Crippen molar-refractivity contribution in [2.45, 2.75) is 12.7 Å². The number of nitrogens with zero attached hydrogens (tertiary/aromatic N) is 1. The van der Waals surface area contributed by atoms with Crippen LogP contribution in [0, 0.1) is 5.95 Å². The molecule has 0 bridgehead atoms. The Morgan fingerprint density at radius 1 is 1.19 bits per heavy atom. The summed E-state index contributed by atoms with van der Waals surface area (Å²) in [6.45, 7) is -0.0906. The van der Waals surface area contributed by atoms with Crippen molar-refractivity contribution in [1.29, 1.82) is 0 Å². The van der Waals surface area contributed by atoms with E-state index >= 15 is 0 Å². The zero-order valence-electron chi connectivity index (χ0n) is 10.6. The van der Waals surface area contributed by atoms with Gasteiger partial charge in [-0.05, 0) is 23.8 Å². The minimum atomic E-state index is -4.44. The van der Waals surface area contributed by atoms with Crippen molar-refractivity contribution in [3.05, 3.63) is 65.2 Å². The van der Waals surface area contributed by atoms with Gasteiger partial charge >= 0.3 is 6.18 Å². The van der Waals surface area contributed by atoms with Crippen LogP contribution in [0.15, 0.2) is 42.6 Å². The molecule has 0 fully saturated rings. The lowest BCUT2D eigenvalue weighted by Gasteiger charge is -2.09. The molecule has 0 unspecified atom stereocenters. The highest BCUT2D eigenvalue weighted by Gasteiger charge is 2.30. The third-order valence-electron chi connectivity index (χ3n) is 2.70. The van der Waals surface area contributed by atoms with Crippen molar-refractivity contribution in [2.24, 2.45) is 0 Å². The number of pyridine rings is 1. The molecule has 0 aliphatic heterocycles. The molecule has 110 valence electrons. The van der Waals surface area contributed by atoms with Crippen molar-refractivity contribution in [1.82, 2.24) is 10.3 Å². The van der Waals surface area contributed by atoms with Gasteiger partial charge in [0.15, 0.2) is 0 Å². The Morgan fingerprint density at radius 2 is 1.95 bits per heavy atom. The van der Waals surface area contributed by atoms with Gasteiger partial charge < -0.3 is 5.32 Å². The summed E-state index contributed by atoms with van der Waals surface area (Å²) in [7, 11) is 0. The smallest absolute Gasteiger partial charge is 0.348 e. The predicted molar refractivity (Wildman–Crippen MR) is 66.8 cm³/mol. The van der Waals surface area contributed by atoms with E-state index in [1.165, 1.54) is 18.2 Å². The average Bonchev–Trinajstić information content (AvgIpc) is 2.44. The SMILES string of the molecule is O=C(NCc1cccc(C(F)(F)F)c1)c1ccnc(F)c1. The van der Waals surface area contributed by atoms with Crippen molar-refractivity contribution in [3.8, 4) is 0 Å². The molecule has 3 nitrogen and oxygen atoms in total. The van der Waals surface area contributed by atoms with Gasteiger partial charge in [-0.15, -0.1) is 0 Å². The van der Waals surface area contributed by atoms with E-state index in [1.54, 1.807) is 0 Å². The lowest BCUT2D eigenvalue weighted by Crippen LogP contribution is -2.23. The number of benzene rings is 1. The molecule has 1 N–H and O–H groups in total. The number of aromatic nitrogens is 1. The molecule has 2 aromatic rings. The van der Waals surface area contributed by atoms with Gasteiger partial charge in [0.1, 0.15) is 0 Å². The summed E-state index contributed by atoms with van der Waals surface area (Å²) in [4.78, 5) is 15.0. The van der Waals surface area contributed by atoms with Crippen LogP contribution < -0.4 is 5.32 Å². The van der Waals surface area contributed by atoms with E-state index in [0.717, 1.165) is 24.4 Å². The standard InChI is InChI=1S/C14H10F4N2O/c15-12-7-10(4-5-19-12)13(21)20-8-9-2-1-3-11(6-9)14(16,17)18/h1-7H,8H2,(H,20,21). The van der Waals surface area contributed by atoms with Gasteiger partial charge in [0, 0.05) is 24.4 Å². The first-order chi connectivity index (χ1) is 9.86. The summed E-state index contributed by atoms with van der Waals surface area (Å²) in [6, 6.07) is 6.88. The van der Waals surface area contributed by atoms with Gasteiger partial charge in [-0.2, -0.15) is 17.6 Å². The second-order valence-electron chi connectivity index (χ2n) is 4.25. The Morgan fingerprint density at radius 3 is 2.62 bits per heavy atom. The second kappa shape index (κ2) is 5.90. The van der Waals surface area contributed by atoms with Crippen molar-refractivity contribution >= 4 is 5.91 Å². The third kappa shape index (κ3) is 4.01. The van der Waals surface area contributed by atoms with Gasteiger partial charge in [-0.3, -0.25) is 4.79 Å². The molecule has 7 heteroatoms. The summed E-state index contributed by atoms with van der Waals surface area (Å²) in [5, 5.41) is 2.42. The number of carbonyl (C=O) groups is 1. The van der Waals surface area contributed by atoms with E-state index in [1.807, 2.05) is 0 Å². The molecule has 0 spiro atoms. The van der Waals surface area contributed by atoms with Crippen LogP contribution in [-0.2, 0) is 12.7 Å². The van der Waals surface area contributed by atoms with E-state index in [2.05, 4.69) is 10.3 Å². The molecule has 2 rings (SSSR count). The fraction of sp³-hybridized carbons (Fsp3) is 0.143. The fourth-order valence-electron chi connectivity index (χ4n) is 1.69. The number of halogens is 4. The van der Waals surface area contributed by atoms with Crippen LogP contribution in [0.25, 0.3) is 0 Å².